The zero-order valence-electron chi connectivity index (χ0n) is 17.5. The molecular weight excluding hydrogens is 352 g/mol. The Labute approximate surface area is 175 Å². The Kier molecular flexibility index (Phi) is 6.99. The highest BCUT2D eigenvalue weighted by Gasteiger charge is 2.25. The number of aliphatic hydroxyl groups is 1. The molecule has 0 bridgehead atoms. The summed E-state index contributed by atoms with van der Waals surface area (Å²) in [7, 11) is 0. The molecule has 2 aromatic carbocycles. The maximum absolute atomic E-state index is 9.47. The molecule has 2 aliphatic rings. The van der Waals surface area contributed by atoms with E-state index in [1.165, 1.54) is 24.0 Å². The lowest BCUT2D eigenvalue weighted by atomic mass is 9.99. The van der Waals surface area contributed by atoms with Crippen LogP contribution < -0.4 is 0 Å². The van der Waals surface area contributed by atoms with Gasteiger partial charge in [0.1, 0.15) is 0 Å². The van der Waals surface area contributed by atoms with Gasteiger partial charge in [0.25, 0.3) is 0 Å². The lowest BCUT2D eigenvalue weighted by Crippen LogP contribution is -1.92. The predicted molar refractivity (Wildman–Crippen MR) is 122 cm³/mol. The van der Waals surface area contributed by atoms with Crippen molar-refractivity contribution < 1.29 is 5.11 Å². The highest BCUT2D eigenvalue weighted by atomic mass is 16.3. The topological polar surface area (TPSA) is 20.2 Å². The summed E-state index contributed by atoms with van der Waals surface area (Å²) in [6.45, 7) is 6.08. The van der Waals surface area contributed by atoms with E-state index in [1.54, 1.807) is 6.08 Å². The Morgan fingerprint density at radius 1 is 0.793 bits per heavy atom. The van der Waals surface area contributed by atoms with E-state index in [2.05, 4.69) is 73.1 Å². The fourth-order valence-electron chi connectivity index (χ4n) is 3.15. The van der Waals surface area contributed by atoms with Crippen LogP contribution in [-0.2, 0) is 0 Å². The smallest absolute Gasteiger partial charge is 0.0926 e. The molecule has 0 aliphatic heterocycles. The molecule has 146 valence electrons. The zero-order valence-corrected chi connectivity index (χ0v) is 17.5. The summed E-state index contributed by atoms with van der Waals surface area (Å²) in [6, 6.07) is 14.7. The van der Waals surface area contributed by atoms with Gasteiger partial charge in [-0.2, -0.15) is 0 Å². The molecule has 4 rings (SSSR count). The van der Waals surface area contributed by atoms with Crippen molar-refractivity contribution in [2.24, 2.45) is 0 Å². The highest BCUT2D eigenvalue weighted by Crippen LogP contribution is 2.41. The van der Waals surface area contributed by atoms with Crippen LogP contribution in [0.1, 0.15) is 73.3 Å². The van der Waals surface area contributed by atoms with Crippen molar-refractivity contribution in [1.29, 1.82) is 0 Å². The van der Waals surface area contributed by atoms with Crippen molar-refractivity contribution in [3.05, 3.63) is 93.8 Å². The summed E-state index contributed by atoms with van der Waals surface area (Å²) in [5.41, 5.74) is 6.85. The summed E-state index contributed by atoms with van der Waals surface area (Å²) in [5.74, 6) is 14.3. The quantitative estimate of drug-likeness (QED) is 0.539. The summed E-state index contributed by atoms with van der Waals surface area (Å²) in [5, 5.41) is 9.47. The minimum Gasteiger partial charge on any atom is -0.512 e. The molecule has 1 heteroatoms. The van der Waals surface area contributed by atoms with Gasteiger partial charge < -0.3 is 5.11 Å². The molecule has 0 amide bonds. The van der Waals surface area contributed by atoms with Crippen molar-refractivity contribution in [1.82, 2.24) is 0 Å². The van der Waals surface area contributed by atoms with E-state index in [1.807, 2.05) is 19.9 Å². The van der Waals surface area contributed by atoms with Crippen molar-refractivity contribution in [3.63, 3.8) is 0 Å². The van der Waals surface area contributed by atoms with E-state index >= 15 is 0 Å². The summed E-state index contributed by atoms with van der Waals surface area (Å²) in [4.78, 5) is 0. The van der Waals surface area contributed by atoms with Crippen molar-refractivity contribution in [2.45, 2.75) is 52.4 Å². The van der Waals surface area contributed by atoms with Crippen LogP contribution in [0.5, 0.6) is 0 Å². The third-order valence-corrected chi connectivity index (χ3v) is 4.96. The minimum absolute atomic E-state index is 0.440. The Morgan fingerprint density at radius 2 is 1.48 bits per heavy atom. The molecule has 2 aliphatic carbocycles. The van der Waals surface area contributed by atoms with E-state index in [0.29, 0.717) is 18.1 Å². The van der Waals surface area contributed by atoms with Crippen LogP contribution in [0.4, 0.5) is 0 Å². The number of aryl methyl sites for hydroxylation is 1. The van der Waals surface area contributed by atoms with Gasteiger partial charge in [0.15, 0.2) is 0 Å². The Bertz CT molecular complexity index is 1040. The number of hydrogen-bond acceptors (Lipinski definition) is 1. The van der Waals surface area contributed by atoms with E-state index in [9.17, 15) is 5.11 Å². The van der Waals surface area contributed by atoms with Gasteiger partial charge in [0.05, 0.1) is 5.76 Å². The Hall–Kier alpha value is -3.16. The molecule has 0 saturated heterocycles. The van der Waals surface area contributed by atoms with Crippen molar-refractivity contribution >= 4 is 0 Å². The summed E-state index contributed by atoms with van der Waals surface area (Å²) >= 11 is 0. The van der Waals surface area contributed by atoms with Gasteiger partial charge in [-0.25, -0.2) is 0 Å². The third-order valence-electron chi connectivity index (χ3n) is 4.96. The first-order valence-corrected chi connectivity index (χ1v) is 10.5. The molecule has 1 nitrogen and oxygen atoms in total. The fourth-order valence-corrected chi connectivity index (χ4v) is 3.15. The standard InChI is InChI=1S/C26H22O.C2H6/c1-19-2-4-20(5-3-19)6-7-22-9-13-23(26(18-22)24-14-15-24)12-8-21-10-16-25(27)17-11-21;1-2/h2-5,9-10,13,16,18,24,27H,11,14-15,17H2,1H3;1-2H3. The predicted octanol–water partition coefficient (Wildman–Crippen LogP) is 6.81. The van der Waals surface area contributed by atoms with Gasteiger partial charge >= 0.3 is 0 Å². The Balaban J connectivity index is 0.00000117. The molecule has 29 heavy (non-hydrogen) atoms. The largest absolute Gasteiger partial charge is 0.512 e. The van der Waals surface area contributed by atoms with Gasteiger partial charge in [-0.15, -0.1) is 0 Å². The van der Waals surface area contributed by atoms with E-state index in [-0.39, 0.29) is 0 Å². The maximum Gasteiger partial charge on any atom is 0.0926 e. The fraction of sp³-hybridized carbons (Fsp3) is 0.286. The van der Waals surface area contributed by atoms with Gasteiger partial charge in [-0.3, -0.25) is 0 Å². The lowest BCUT2D eigenvalue weighted by Gasteiger charge is -2.06. The second-order valence-corrected chi connectivity index (χ2v) is 7.29. The van der Waals surface area contributed by atoms with Gasteiger partial charge in [-0.05, 0) is 80.2 Å². The molecule has 1 fully saturated rings. The van der Waals surface area contributed by atoms with Gasteiger partial charge in [-0.1, -0.05) is 55.2 Å². The molecule has 1 N–H and O–H groups in total. The number of aliphatic hydroxyl groups excluding tert-OH is 1. The average molecular weight is 381 g/mol. The Morgan fingerprint density at radius 3 is 2.14 bits per heavy atom. The summed E-state index contributed by atoms with van der Waals surface area (Å²) < 4.78 is 0. The normalized spacial score (nSPS) is 14.7. The van der Waals surface area contributed by atoms with Crippen molar-refractivity contribution in [3.8, 4) is 23.7 Å². The van der Waals surface area contributed by atoms with Crippen LogP contribution in [-0.4, -0.2) is 5.11 Å². The van der Waals surface area contributed by atoms with Crippen LogP contribution in [0.25, 0.3) is 0 Å². The second kappa shape index (κ2) is 9.86. The first kappa shape index (κ1) is 20.6. The third kappa shape index (κ3) is 5.91. The number of benzene rings is 2. The lowest BCUT2D eigenvalue weighted by molar-refractivity contribution is 0.386. The first-order chi connectivity index (χ1) is 14.2. The highest BCUT2D eigenvalue weighted by molar-refractivity contribution is 5.53. The molecular formula is C28H28O. The summed E-state index contributed by atoms with van der Waals surface area (Å²) in [6.07, 6.45) is 7.65. The average Bonchev–Trinajstić information content (AvgIpc) is 3.60. The molecule has 2 aromatic rings. The molecule has 0 radical (unpaired) electrons. The number of hydrogen-bond donors (Lipinski definition) is 1. The SMILES string of the molecule is CC.Cc1ccc(C#Cc2ccc(C#CC3=CC=C(O)CC3)c(C3CC3)c2)cc1. The maximum atomic E-state index is 9.47. The van der Waals surface area contributed by atoms with Crippen LogP contribution >= 0.6 is 0 Å². The molecule has 0 spiro atoms. The monoisotopic (exact) mass is 380 g/mol. The second-order valence-electron chi connectivity index (χ2n) is 7.29. The van der Waals surface area contributed by atoms with Crippen LogP contribution in [0.2, 0.25) is 0 Å². The molecule has 0 heterocycles. The van der Waals surface area contributed by atoms with Crippen LogP contribution in [0.3, 0.4) is 0 Å². The molecule has 0 unspecified atom stereocenters. The van der Waals surface area contributed by atoms with Gasteiger partial charge in [0.2, 0.25) is 0 Å². The van der Waals surface area contributed by atoms with Crippen molar-refractivity contribution in [2.75, 3.05) is 0 Å². The van der Waals surface area contributed by atoms with E-state index in [0.717, 1.165) is 28.7 Å². The van der Waals surface area contributed by atoms with Crippen LogP contribution in [0, 0.1) is 30.6 Å². The molecule has 1 saturated carbocycles. The molecule has 0 atom stereocenters. The first-order valence-electron chi connectivity index (χ1n) is 10.5. The minimum atomic E-state index is 0.440. The van der Waals surface area contributed by atoms with Gasteiger partial charge in [0, 0.05) is 28.7 Å². The van der Waals surface area contributed by atoms with E-state index in [4.69, 9.17) is 0 Å². The van der Waals surface area contributed by atoms with E-state index < -0.39 is 0 Å². The number of allylic oxidation sites excluding steroid dienone is 4. The van der Waals surface area contributed by atoms with Crippen LogP contribution in [0.15, 0.2) is 65.9 Å². The zero-order chi connectivity index (χ0) is 20.6. The molecule has 0 aromatic heterocycles. The number of rotatable bonds is 1.